The molecule has 5 rings (SSSR count). The Balaban J connectivity index is 0.000000234. The van der Waals surface area contributed by atoms with Gasteiger partial charge in [-0.3, -0.25) is 9.80 Å². The van der Waals surface area contributed by atoms with Gasteiger partial charge in [-0.25, -0.2) is 0 Å². The van der Waals surface area contributed by atoms with Crippen LogP contribution in [-0.2, 0) is 19.4 Å². The van der Waals surface area contributed by atoms with E-state index in [-0.39, 0.29) is 0 Å². The van der Waals surface area contributed by atoms with Crippen molar-refractivity contribution in [2.75, 3.05) is 63.8 Å². The van der Waals surface area contributed by atoms with Crippen LogP contribution in [0.3, 0.4) is 0 Å². The van der Waals surface area contributed by atoms with Gasteiger partial charge in [-0.2, -0.15) is 0 Å². The number of benzene rings is 2. The molecule has 0 saturated carbocycles. The van der Waals surface area contributed by atoms with Gasteiger partial charge in [-0.1, -0.05) is 77.9 Å². The van der Waals surface area contributed by atoms with Crippen LogP contribution >= 0.6 is 0 Å². The first-order valence-corrected chi connectivity index (χ1v) is 17.4. The number of rotatable bonds is 9. The fourth-order valence-electron chi connectivity index (χ4n) is 6.54. The van der Waals surface area contributed by atoms with E-state index in [2.05, 4.69) is 110 Å². The van der Waals surface area contributed by atoms with Crippen LogP contribution in [0.1, 0.15) is 84.9 Å². The first-order valence-electron chi connectivity index (χ1n) is 17.4. The van der Waals surface area contributed by atoms with Gasteiger partial charge in [0.05, 0.1) is 0 Å². The highest BCUT2D eigenvalue weighted by Gasteiger charge is 2.28. The highest BCUT2D eigenvalue weighted by atomic mass is 15.3. The molecule has 2 aromatic carbocycles. The van der Waals surface area contributed by atoms with E-state index in [1.54, 1.807) is 0 Å². The average Bonchev–Trinajstić information content (AvgIpc) is 3.00. The summed E-state index contributed by atoms with van der Waals surface area (Å²) >= 11 is 0. The van der Waals surface area contributed by atoms with E-state index in [9.17, 15) is 0 Å². The predicted octanol–water partition coefficient (Wildman–Crippen LogP) is 7.85. The van der Waals surface area contributed by atoms with Crippen molar-refractivity contribution >= 4 is 5.69 Å². The topological polar surface area (TPSA) is 13.0 Å². The minimum absolute atomic E-state index is 0.703. The fraction of sp³-hybridized carbons (Fsp3) is 0.684. The van der Waals surface area contributed by atoms with E-state index in [4.69, 9.17) is 0 Å². The number of nitrogens with zero attached hydrogens (tertiary/aromatic N) is 4. The lowest BCUT2D eigenvalue weighted by atomic mass is 9.88. The second kappa shape index (κ2) is 18.0. The van der Waals surface area contributed by atoms with Crippen molar-refractivity contribution in [2.24, 2.45) is 17.8 Å². The lowest BCUT2D eigenvalue weighted by Gasteiger charge is -2.41. The summed E-state index contributed by atoms with van der Waals surface area (Å²) in [6, 6.07) is 18.8. The van der Waals surface area contributed by atoms with E-state index < -0.39 is 0 Å². The van der Waals surface area contributed by atoms with Crippen LogP contribution in [0, 0.1) is 17.8 Å². The molecule has 3 aliphatic heterocycles. The molecule has 4 nitrogen and oxygen atoms in total. The van der Waals surface area contributed by atoms with Crippen molar-refractivity contribution in [3.05, 3.63) is 65.2 Å². The number of piperidine rings is 1. The molecule has 0 aliphatic carbocycles. The van der Waals surface area contributed by atoms with Crippen LogP contribution in [-0.4, -0.2) is 79.6 Å². The Morgan fingerprint density at radius 1 is 0.690 bits per heavy atom. The van der Waals surface area contributed by atoms with Gasteiger partial charge in [0, 0.05) is 77.2 Å². The molecule has 42 heavy (non-hydrogen) atoms. The second-order valence-electron chi connectivity index (χ2n) is 13.3. The Morgan fingerprint density at radius 2 is 1.26 bits per heavy atom. The number of aryl methyl sites for hydroxylation is 2. The summed E-state index contributed by atoms with van der Waals surface area (Å²) in [7, 11) is 0. The Labute approximate surface area is 260 Å². The van der Waals surface area contributed by atoms with Crippen molar-refractivity contribution < 1.29 is 0 Å². The molecule has 0 N–H and O–H groups in total. The van der Waals surface area contributed by atoms with Crippen LogP contribution in [0.15, 0.2) is 48.5 Å². The molecular weight excluding hydrogens is 512 g/mol. The molecule has 3 saturated heterocycles. The summed E-state index contributed by atoms with van der Waals surface area (Å²) < 4.78 is 0. The maximum Gasteiger partial charge on any atom is 0.0368 e. The van der Waals surface area contributed by atoms with Gasteiger partial charge in [0.1, 0.15) is 0 Å². The molecule has 0 spiro atoms. The number of hydrogen-bond acceptors (Lipinski definition) is 4. The molecule has 4 heteroatoms. The largest absolute Gasteiger partial charge is 0.372 e. The first kappa shape index (κ1) is 34.6. The lowest BCUT2D eigenvalue weighted by molar-refractivity contribution is 0.0614. The zero-order valence-corrected chi connectivity index (χ0v) is 28.6. The normalized spacial score (nSPS) is 19.2. The SMILES string of the molecule is CC.CCc1cccc(CN2CC(C(C)C)C2)c1.CCc1cccc(N2CCC(CN3CCN(C(C)C)CC3)CC2)c1. The molecule has 0 bridgehead atoms. The highest BCUT2D eigenvalue weighted by Crippen LogP contribution is 2.26. The minimum Gasteiger partial charge on any atom is -0.372 e. The third-order valence-electron chi connectivity index (χ3n) is 9.69. The third kappa shape index (κ3) is 10.7. The van der Waals surface area contributed by atoms with Gasteiger partial charge >= 0.3 is 0 Å². The fourth-order valence-corrected chi connectivity index (χ4v) is 6.54. The first-order chi connectivity index (χ1) is 20.3. The molecule has 3 heterocycles. The molecule has 0 radical (unpaired) electrons. The lowest BCUT2D eigenvalue weighted by Crippen LogP contribution is -2.50. The molecule has 0 aromatic heterocycles. The van der Waals surface area contributed by atoms with E-state index in [1.807, 2.05) is 13.8 Å². The van der Waals surface area contributed by atoms with Crippen molar-refractivity contribution in [2.45, 2.75) is 93.7 Å². The Bertz CT molecular complexity index is 996. The van der Waals surface area contributed by atoms with Gasteiger partial charge in [-0.05, 0) is 86.1 Å². The number of piperazine rings is 1. The Morgan fingerprint density at radius 3 is 1.83 bits per heavy atom. The zero-order chi connectivity index (χ0) is 30.5. The summed E-state index contributed by atoms with van der Waals surface area (Å²) in [6.45, 7) is 30.3. The van der Waals surface area contributed by atoms with Crippen molar-refractivity contribution in [1.29, 1.82) is 0 Å². The van der Waals surface area contributed by atoms with Crippen LogP contribution in [0.2, 0.25) is 0 Å². The molecule has 236 valence electrons. The number of hydrogen-bond donors (Lipinski definition) is 0. The molecular formula is C38H64N4. The Kier molecular flexibility index (Phi) is 14.9. The summed E-state index contributed by atoms with van der Waals surface area (Å²) in [5, 5.41) is 0. The molecule has 2 aromatic rings. The van der Waals surface area contributed by atoms with Gasteiger partial charge in [0.15, 0.2) is 0 Å². The van der Waals surface area contributed by atoms with Crippen molar-refractivity contribution in [3.8, 4) is 0 Å². The summed E-state index contributed by atoms with van der Waals surface area (Å²) in [5.41, 5.74) is 5.82. The van der Waals surface area contributed by atoms with E-state index in [0.29, 0.717) is 6.04 Å². The van der Waals surface area contributed by atoms with E-state index in [0.717, 1.165) is 37.1 Å². The summed E-state index contributed by atoms with van der Waals surface area (Å²) in [6.07, 6.45) is 4.97. The quantitative estimate of drug-likeness (QED) is 0.301. The van der Waals surface area contributed by atoms with E-state index >= 15 is 0 Å². The minimum atomic E-state index is 0.703. The molecule has 0 amide bonds. The maximum absolute atomic E-state index is 2.71. The molecule has 3 fully saturated rings. The number of likely N-dealkylation sites (tertiary alicyclic amines) is 1. The summed E-state index contributed by atoms with van der Waals surface area (Å²) in [4.78, 5) is 10.5. The van der Waals surface area contributed by atoms with E-state index in [1.165, 1.54) is 94.1 Å². The zero-order valence-electron chi connectivity index (χ0n) is 28.6. The molecule has 0 unspecified atom stereocenters. The van der Waals surface area contributed by atoms with Crippen LogP contribution < -0.4 is 4.90 Å². The van der Waals surface area contributed by atoms with Gasteiger partial charge in [0.25, 0.3) is 0 Å². The standard InChI is InChI=1S/C21H35N3.C15H23N.C2H6/c1-4-19-6-5-7-21(16-19)24-10-8-20(9-11-24)17-22-12-14-23(15-13-22)18(2)3;1-4-13-6-5-7-14(8-13)9-16-10-15(11-16)12(2)3;1-2/h5-7,16,18,20H,4,8-15,17H2,1-3H3;5-8,12,15H,4,9-11H2,1-3H3;1-2H3. The monoisotopic (exact) mass is 577 g/mol. The van der Waals surface area contributed by atoms with Crippen molar-refractivity contribution in [3.63, 3.8) is 0 Å². The third-order valence-corrected chi connectivity index (χ3v) is 9.69. The molecule has 3 aliphatic rings. The van der Waals surface area contributed by atoms with Crippen molar-refractivity contribution in [1.82, 2.24) is 14.7 Å². The predicted molar refractivity (Wildman–Crippen MR) is 185 cm³/mol. The average molecular weight is 577 g/mol. The van der Waals surface area contributed by atoms with Crippen LogP contribution in [0.25, 0.3) is 0 Å². The van der Waals surface area contributed by atoms with Crippen LogP contribution in [0.4, 0.5) is 5.69 Å². The smallest absolute Gasteiger partial charge is 0.0368 e. The Hall–Kier alpha value is -1.88. The number of anilines is 1. The second-order valence-corrected chi connectivity index (χ2v) is 13.3. The van der Waals surface area contributed by atoms with Gasteiger partial charge in [0.2, 0.25) is 0 Å². The molecule has 0 atom stereocenters. The van der Waals surface area contributed by atoms with Gasteiger partial charge in [-0.15, -0.1) is 0 Å². The van der Waals surface area contributed by atoms with Crippen LogP contribution in [0.5, 0.6) is 0 Å². The maximum atomic E-state index is 2.71. The van der Waals surface area contributed by atoms with Gasteiger partial charge < -0.3 is 9.80 Å². The highest BCUT2D eigenvalue weighted by molar-refractivity contribution is 5.49. The summed E-state index contributed by atoms with van der Waals surface area (Å²) in [5.74, 6) is 2.66.